The summed E-state index contributed by atoms with van der Waals surface area (Å²) in [6, 6.07) is 0. The van der Waals surface area contributed by atoms with Gasteiger partial charge in [-0.15, -0.1) is 0 Å². The molecule has 5 nitrogen and oxygen atoms in total. The summed E-state index contributed by atoms with van der Waals surface area (Å²) in [6.45, 7) is 6.12. The van der Waals surface area contributed by atoms with E-state index in [9.17, 15) is 13.5 Å². The van der Waals surface area contributed by atoms with Crippen LogP contribution >= 0.6 is 0 Å². The predicted octanol–water partition coefficient (Wildman–Crippen LogP) is -0.671. The first kappa shape index (κ1) is 11.8. The minimum Gasteiger partial charge on any atom is -0.389 e. The van der Waals surface area contributed by atoms with Crippen molar-refractivity contribution in [1.29, 1.82) is 0 Å². The van der Waals surface area contributed by atoms with Gasteiger partial charge in [-0.25, -0.2) is 5.14 Å². The van der Waals surface area contributed by atoms with Crippen LogP contribution in [0.5, 0.6) is 0 Å². The summed E-state index contributed by atoms with van der Waals surface area (Å²) >= 11 is 0. The fraction of sp³-hybridized carbons (Fsp3) is 1.00. The summed E-state index contributed by atoms with van der Waals surface area (Å²) in [5, 5.41) is 14.3. The lowest BCUT2D eigenvalue weighted by Gasteiger charge is -2.36. The number of hydrogen-bond acceptors (Lipinski definition) is 3. The van der Waals surface area contributed by atoms with Crippen molar-refractivity contribution in [2.75, 3.05) is 0 Å². The van der Waals surface area contributed by atoms with E-state index in [2.05, 4.69) is 4.72 Å². The Morgan fingerprint density at radius 3 is 1.67 bits per heavy atom. The third-order valence-corrected chi connectivity index (χ3v) is 2.72. The van der Waals surface area contributed by atoms with E-state index in [1.54, 1.807) is 13.8 Å². The Morgan fingerprint density at radius 2 is 1.58 bits per heavy atom. The van der Waals surface area contributed by atoms with Crippen molar-refractivity contribution in [3.8, 4) is 0 Å². The molecule has 0 aromatic carbocycles. The molecule has 0 radical (unpaired) electrons. The number of rotatable bonds is 3. The van der Waals surface area contributed by atoms with Crippen LogP contribution < -0.4 is 9.86 Å². The zero-order valence-corrected chi connectivity index (χ0v) is 8.57. The van der Waals surface area contributed by atoms with E-state index >= 15 is 0 Å². The van der Waals surface area contributed by atoms with E-state index < -0.39 is 21.3 Å². The predicted molar refractivity (Wildman–Crippen MR) is 46.6 cm³/mol. The molecular formula is C6H16N2O3S. The van der Waals surface area contributed by atoms with Crippen LogP contribution in [0.4, 0.5) is 0 Å². The van der Waals surface area contributed by atoms with E-state index in [0.717, 1.165) is 0 Å². The lowest BCUT2D eigenvalue weighted by atomic mass is 9.87. The van der Waals surface area contributed by atoms with Crippen LogP contribution in [0.2, 0.25) is 0 Å². The van der Waals surface area contributed by atoms with Crippen LogP contribution in [0.15, 0.2) is 0 Å². The Balaban J connectivity index is 4.67. The van der Waals surface area contributed by atoms with Gasteiger partial charge in [0.05, 0.1) is 11.1 Å². The van der Waals surface area contributed by atoms with Crippen molar-refractivity contribution in [3.63, 3.8) is 0 Å². The fourth-order valence-electron chi connectivity index (χ4n) is 0.481. The van der Waals surface area contributed by atoms with E-state index in [1.165, 1.54) is 13.8 Å². The first-order valence-corrected chi connectivity index (χ1v) is 5.04. The van der Waals surface area contributed by atoms with Gasteiger partial charge in [0.2, 0.25) is 0 Å². The highest BCUT2D eigenvalue weighted by Gasteiger charge is 2.37. The molecule has 4 N–H and O–H groups in total. The average Bonchev–Trinajstić information content (AvgIpc) is 1.52. The van der Waals surface area contributed by atoms with Crippen LogP contribution in [0.3, 0.4) is 0 Å². The molecule has 6 heteroatoms. The molecular weight excluding hydrogens is 180 g/mol. The maximum absolute atomic E-state index is 10.6. The molecule has 0 aliphatic rings. The smallest absolute Gasteiger partial charge is 0.274 e. The summed E-state index contributed by atoms with van der Waals surface area (Å²) < 4.78 is 23.4. The fourth-order valence-corrected chi connectivity index (χ4v) is 1.44. The Morgan fingerprint density at radius 1 is 1.25 bits per heavy atom. The maximum Gasteiger partial charge on any atom is 0.274 e. The second-order valence-electron chi connectivity index (χ2n) is 3.83. The average molecular weight is 196 g/mol. The monoisotopic (exact) mass is 196 g/mol. The molecule has 0 rings (SSSR count). The SMILES string of the molecule is CC(C)(O)C(C)(C)NS(N)(=O)=O. The van der Waals surface area contributed by atoms with Crippen molar-refractivity contribution in [3.05, 3.63) is 0 Å². The summed E-state index contributed by atoms with van der Waals surface area (Å²) in [4.78, 5) is 0. The van der Waals surface area contributed by atoms with E-state index in [1.807, 2.05) is 0 Å². The summed E-state index contributed by atoms with van der Waals surface area (Å²) in [6.07, 6.45) is 0. The Bertz CT molecular complexity index is 250. The molecule has 0 saturated heterocycles. The Labute approximate surface area is 73.1 Å². The van der Waals surface area contributed by atoms with Crippen molar-refractivity contribution in [1.82, 2.24) is 4.72 Å². The largest absolute Gasteiger partial charge is 0.389 e. The van der Waals surface area contributed by atoms with Gasteiger partial charge in [-0.3, -0.25) is 0 Å². The lowest BCUT2D eigenvalue weighted by Crippen LogP contribution is -2.59. The van der Waals surface area contributed by atoms with Gasteiger partial charge in [-0.05, 0) is 27.7 Å². The first-order valence-electron chi connectivity index (χ1n) is 3.50. The summed E-state index contributed by atoms with van der Waals surface area (Å²) in [5.74, 6) is 0. The number of nitrogens with two attached hydrogens (primary N) is 1. The summed E-state index contributed by atoms with van der Waals surface area (Å²) in [7, 11) is -3.77. The molecule has 0 fully saturated rings. The third kappa shape index (κ3) is 3.48. The molecule has 0 aromatic rings. The molecule has 0 amide bonds. The molecule has 0 spiro atoms. The van der Waals surface area contributed by atoms with Crippen molar-refractivity contribution in [2.45, 2.75) is 38.8 Å². The Hall–Kier alpha value is -0.170. The molecule has 12 heavy (non-hydrogen) atoms. The molecule has 74 valence electrons. The second kappa shape index (κ2) is 2.95. The molecule has 0 aliphatic heterocycles. The van der Waals surface area contributed by atoms with E-state index in [-0.39, 0.29) is 0 Å². The molecule has 0 atom stereocenters. The molecule has 0 aliphatic carbocycles. The zero-order chi connectivity index (χ0) is 10.2. The molecule has 0 saturated carbocycles. The number of nitrogens with one attached hydrogen (secondary N) is 1. The van der Waals surface area contributed by atoms with Gasteiger partial charge < -0.3 is 5.11 Å². The lowest BCUT2D eigenvalue weighted by molar-refractivity contribution is 0.00638. The van der Waals surface area contributed by atoms with Crippen LogP contribution in [-0.4, -0.2) is 24.7 Å². The topological polar surface area (TPSA) is 92.4 Å². The van der Waals surface area contributed by atoms with E-state index in [0.29, 0.717) is 0 Å². The molecule has 0 unspecified atom stereocenters. The minimum absolute atomic E-state index is 0.986. The standard InChI is InChI=1S/C6H16N2O3S/c1-5(2,6(3,4)9)8-12(7,10)11/h8-9H,1-4H3,(H2,7,10,11). The first-order chi connectivity index (χ1) is 4.96. The second-order valence-corrected chi connectivity index (χ2v) is 5.13. The van der Waals surface area contributed by atoms with Crippen LogP contribution in [0.1, 0.15) is 27.7 Å². The van der Waals surface area contributed by atoms with Gasteiger partial charge >= 0.3 is 0 Å². The van der Waals surface area contributed by atoms with Gasteiger partial charge in [0.1, 0.15) is 0 Å². The van der Waals surface area contributed by atoms with Gasteiger partial charge in [0.15, 0.2) is 0 Å². The van der Waals surface area contributed by atoms with E-state index in [4.69, 9.17) is 5.14 Å². The van der Waals surface area contributed by atoms with Crippen molar-refractivity contribution >= 4 is 10.2 Å². The van der Waals surface area contributed by atoms with Gasteiger partial charge in [0.25, 0.3) is 10.2 Å². The van der Waals surface area contributed by atoms with Gasteiger partial charge in [-0.1, -0.05) is 0 Å². The number of aliphatic hydroxyl groups is 1. The maximum atomic E-state index is 10.6. The highest BCUT2D eigenvalue weighted by molar-refractivity contribution is 7.87. The molecule has 0 aromatic heterocycles. The van der Waals surface area contributed by atoms with Gasteiger partial charge in [0, 0.05) is 0 Å². The molecule has 0 heterocycles. The van der Waals surface area contributed by atoms with Crippen molar-refractivity contribution in [2.24, 2.45) is 5.14 Å². The van der Waals surface area contributed by atoms with Crippen molar-refractivity contribution < 1.29 is 13.5 Å². The quantitative estimate of drug-likeness (QED) is 0.559. The third-order valence-electron chi connectivity index (χ3n) is 1.93. The van der Waals surface area contributed by atoms with Gasteiger partial charge in [-0.2, -0.15) is 13.1 Å². The minimum atomic E-state index is -3.77. The molecule has 0 bridgehead atoms. The summed E-state index contributed by atoms with van der Waals surface area (Å²) in [5.41, 5.74) is -2.15. The van der Waals surface area contributed by atoms with Crippen LogP contribution in [-0.2, 0) is 10.2 Å². The normalized spacial score (nSPS) is 14.8. The number of hydrogen-bond donors (Lipinski definition) is 3. The van der Waals surface area contributed by atoms with Crippen LogP contribution in [0, 0.1) is 0 Å². The highest BCUT2D eigenvalue weighted by Crippen LogP contribution is 2.20. The Kier molecular flexibility index (Phi) is 2.91. The zero-order valence-electron chi connectivity index (χ0n) is 7.75. The van der Waals surface area contributed by atoms with Crippen LogP contribution in [0.25, 0.3) is 0 Å². The highest BCUT2D eigenvalue weighted by atomic mass is 32.2.